The van der Waals surface area contributed by atoms with Crippen LogP contribution in [0.2, 0.25) is 0 Å². The maximum Gasteiger partial charge on any atom is 0.314 e. The minimum atomic E-state index is -0.646. The molecule has 1 heterocycles. The van der Waals surface area contributed by atoms with E-state index in [4.69, 9.17) is 0 Å². The second-order valence-electron chi connectivity index (χ2n) is 7.47. The molecule has 3 rings (SSSR count). The highest BCUT2D eigenvalue weighted by Crippen LogP contribution is 2.44. The van der Waals surface area contributed by atoms with Gasteiger partial charge in [0.05, 0.1) is 5.41 Å². The molecule has 0 amide bonds. The average molecular weight is 315 g/mol. The molecule has 126 valence electrons. The molecule has 1 aliphatic carbocycles. The zero-order valence-electron chi connectivity index (χ0n) is 14.3. The van der Waals surface area contributed by atoms with Crippen molar-refractivity contribution >= 4 is 5.97 Å². The maximum absolute atomic E-state index is 12.2. The lowest BCUT2D eigenvalue weighted by atomic mass is 9.66. The van der Waals surface area contributed by atoms with Crippen molar-refractivity contribution in [2.24, 2.45) is 0 Å². The predicted octanol–water partition coefficient (Wildman–Crippen LogP) is 4.17. The minimum absolute atomic E-state index is 0.509. The summed E-state index contributed by atoms with van der Waals surface area (Å²) in [5.41, 5.74) is 1.78. The topological polar surface area (TPSA) is 40.5 Å². The van der Waals surface area contributed by atoms with Gasteiger partial charge in [-0.25, -0.2) is 0 Å². The van der Waals surface area contributed by atoms with Crippen LogP contribution in [0, 0.1) is 0 Å². The third-order valence-electron chi connectivity index (χ3n) is 5.98. The summed E-state index contributed by atoms with van der Waals surface area (Å²) in [5, 5.41) is 10.1. The number of aliphatic carboxylic acids is 1. The molecule has 1 unspecified atom stereocenters. The second kappa shape index (κ2) is 7.04. The largest absolute Gasteiger partial charge is 0.481 e. The molecule has 1 saturated heterocycles. The first-order valence-corrected chi connectivity index (χ1v) is 9.15. The third-order valence-corrected chi connectivity index (χ3v) is 5.98. The smallest absolute Gasteiger partial charge is 0.314 e. The fourth-order valence-electron chi connectivity index (χ4n) is 4.59. The Hall–Kier alpha value is -1.35. The van der Waals surface area contributed by atoms with Crippen LogP contribution in [0.1, 0.15) is 68.4 Å². The van der Waals surface area contributed by atoms with E-state index < -0.39 is 11.4 Å². The Balaban J connectivity index is 1.97. The summed E-state index contributed by atoms with van der Waals surface area (Å²) in [6.07, 6.45) is 8.36. The van der Waals surface area contributed by atoms with E-state index in [1.165, 1.54) is 24.8 Å². The quantitative estimate of drug-likeness (QED) is 0.910. The average Bonchev–Trinajstić information content (AvgIpc) is 2.80. The number of hydrogen-bond acceptors (Lipinski definition) is 2. The zero-order chi connectivity index (χ0) is 16.3. The molecule has 2 aliphatic rings. The summed E-state index contributed by atoms with van der Waals surface area (Å²) < 4.78 is 0. The summed E-state index contributed by atoms with van der Waals surface area (Å²) in [6.45, 7) is 2.27. The van der Waals surface area contributed by atoms with Crippen LogP contribution in [0.15, 0.2) is 24.3 Å². The number of rotatable bonds is 3. The van der Waals surface area contributed by atoms with Crippen LogP contribution < -0.4 is 0 Å². The first kappa shape index (κ1) is 16.5. The molecule has 1 saturated carbocycles. The number of hydrogen-bond donors (Lipinski definition) is 1. The minimum Gasteiger partial charge on any atom is -0.481 e. The van der Waals surface area contributed by atoms with Crippen molar-refractivity contribution < 1.29 is 9.90 Å². The van der Waals surface area contributed by atoms with Crippen LogP contribution in [0.4, 0.5) is 0 Å². The van der Waals surface area contributed by atoms with Crippen molar-refractivity contribution in [1.29, 1.82) is 0 Å². The normalized spacial score (nSPS) is 25.7. The van der Waals surface area contributed by atoms with Gasteiger partial charge in [-0.15, -0.1) is 0 Å². The lowest BCUT2D eigenvalue weighted by Crippen LogP contribution is -2.39. The Morgan fingerprint density at radius 3 is 2.57 bits per heavy atom. The number of carbonyl (C=O) groups is 1. The van der Waals surface area contributed by atoms with Gasteiger partial charge < -0.3 is 10.0 Å². The van der Waals surface area contributed by atoms with Crippen LogP contribution in [0.25, 0.3) is 0 Å². The monoisotopic (exact) mass is 315 g/mol. The molecule has 1 N–H and O–H groups in total. The highest BCUT2D eigenvalue weighted by Gasteiger charge is 2.43. The fourth-order valence-corrected chi connectivity index (χ4v) is 4.59. The van der Waals surface area contributed by atoms with Crippen LogP contribution >= 0.6 is 0 Å². The number of carboxylic acid groups (broad SMARTS) is 1. The van der Waals surface area contributed by atoms with E-state index in [1.807, 2.05) is 6.07 Å². The van der Waals surface area contributed by atoms with E-state index >= 15 is 0 Å². The van der Waals surface area contributed by atoms with Crippen molar-refractivity contribution in [1.82, 2.24) is 4.90 Å². The number of nitrogens with zero attached hydrogens (tertiary/aromatic N) is 1. The van der Waals surface area contributed by atoms with Crippen LogP contribution in [0.5, 0.6) is 0 Å². The SMILES string of the molecule is CN1CCCC(c2ccccc2C2(C(=O)O)CCCCC2)CC1. The Morgan fingerprint density at radius 1 is 1.09 bits per heavy atom. The predicted molar refractivity (Wildman–Crippen MR) is 92.9 cm³/mol. The first-order chi connectivity index (χ1) is 11.1. The van der Waals surface area contributed by atoms with Gasteiger partial charge in [0.25, 0.3) is 0 Å². The van der Waals surface area contributed by atoms with E-state index in [2.05, 4.69) is 30.1 Å². The van der Waals surface area contributed by atoms with Crippen molar-refractivity contribution in [3.8, 4) is 0 Å². The number of likely N-dealkylation sites (tertiary alicyclic amines) is 1. The van der Waals surface area contributed by atoms with Crippen molar-refractivity contribution in [3.05, 3.63) is 35.4 Å². The molecule has 1 aromatic carbocycles. The molecule has 23 heavy (non-hydrogen) atoms. The van der Waals surface area contributed by atoms with Gasteiger partial charge in [-0.2, -0.15) is 0 Å². The highest BCUT2D eigenvalue weighted by atomic mass is 16.4. The molecule has 0 spiro atoms. The Kier molecular flexibility index (Phi) is 5.05. The Bertz CT molecular complexity index is 548. The van der Waals surface area contributed by atoms with Gasteiger partial charge in [-0.3, -0.25) is 4.79 Å². The van der Waals surface area contributed by atoms with Gasteiger partial charge >= 0.3 is 5.97 Å². The summed E-state index contributed by atoms with van der Waals surface area (Å²) in [7, 11) is 2.19. The van der Waals surface area contributed by atoms with E-state index in [-0.39, 0.29) is 0 Å². The molecule has 3 nitrogen and oxygen atoms in total. The summed E-state index contributed by atoms with van der Waals surface area (Å²) in [4.78, 5) is 14.6. The van der Waals surface area contributed by atoms with E-state index in [1.54, 1.807) is 0 Å². The fraction of sp³-hybridized carbons (Fsp3) is 0.650. The highest BCUT2D eigenvalue weighted by molar-refractivity contribution is 5.82. The van der Waals surface area contributed by atoms with Gasteiger partial charge in [0.2, 0.25) is 0 Å². The summed E-state index contributed by atoms with van der Waals surface area (Å²) in [5.74, 6) is -0.107. The summed E-state index contributed by atoms with van der Waals surface area (Å²) in [6, 6.07) is 8.42. The lowest BCUT2D eigenvalue weighted by molar-refractivity contribution is -0.145. The van der Waals surface area contributed by atoms with Gasteiger partial charge in [-0.1, -0.05) is 43.5 Å². The van der Waals surface area contributed by atoms with Gasteiger partial charge in [0, 0.05) is 0 Å². The van der Waals surface area contributed by atoms with Gasteiger partial charge in [0.1, 0.15) is 0 Å². The number of carboxylic acids is 1. The van der Waals surface area contributed by atoms with Crippen LogP contribution in [-0.2, 0) is 10.2 Å². The molecule has 1 aliphatic heterocycles. The standard InChI is InChI=1S/C20H29NO2/c1-21-14-7-8-16(11-15-21)17-9-3-4-10-18(17)20(19(22)23)12-5-2-6-13-20/h3-4,9-10,16H,2,5-8,11-15H2,1H3,(H,22,23). The molecule has 0 radical (unpaired) electrons. The molecule has 1 atom stereocenters. The van der Waals surface area contributed by atoms with Crippen LogP contribution in [-0.4, -0.2) is 36.1 Å². The molecule has 1 aromatic rings. The van der Waals surface area contributed by atoms with Gasteiger partial charge in [-0.05, 0) is 69.3 Å². The van der Waals surface area contributed by atoms with Crippen molar-refractivity contribution in [2.45, 2.75) is 62.7 Å². The third kappa shape index (κ3) is 3.30. The van der Waals surface area contributed by atoms with Gasteiger partial charge in [0.15, 0.2) is 0 Å². The molecular formula is C20H29NO2. The van der Waals surface area contributed by atoms with E-state index in [9.17, 15) is 9.90 Å². The van der Waals surface area contributed by atoms with Crippen LogP contribution in [0.3, 0.4) is 0 Å². The first-order valence-electron chi connectivity index (χ1n) is 9.15. The van der Waals surface area contributed by atoms with E-state index in [0.29, 0.717) is 5.92 Å². The van der Waals surface area contributed by atoms with Crippen molar-refractivity contribution in [2.75, 3.05) is 20.1 Å². The molecular weight excluding hydrogens is 286 g/mol. The molecule has 3 heteroatoms. The Labute approximate surface area is 139 Å². The zero-order valence-corrected chi connectivity index (χ0v) is 14.3. The number of benzene rings is 1. The molecule has 0 bridgehead atoms. The van der Waals surface area contributed by atoms with Crippen molar-refractivity contribution in [3.63, 3.8) is 0 Å². The van der Waals surface area contributed by atoms with E-state index in [0.717, 1.165) is 50.8 Å². The Morgan fingerprint density at radius 2 is 1.83 bits per heavy atom. The summed E-state index contributed by atoms with van der Waals surface area (Å²) >= 11 is 0. The molecule has 0 aromatic heterocycles. The second-order valence-corrected chi connectivity index (χ2v) is 7.47. The lowest BCUT2D eigenvalue weighted by Gasteiger charge is -2.36. The molecule has 2 fully saturated rings. The maximum atomic E-state index is 12.2.